The lowest BCUT2D eigenvalue weighted by Crippen LogP contribution is -2.63. The highest BCUT2D eigenvalue weighted by atomic mass is 15.3. The molecule has 1 aromatic carbocycles. The summed E-state index contributed by atoms with van der Waals surface area (Å²) in [5.41, 5.74) is 7.73. The molecule has 1 aliphatic heterocycles. The predicted molar refractivity (Wildman–Crippen MR) is 74.3 cm³/mol. The van der Waals surface area contributed by atoms with Crippen LogP contribution in [0.4, 0.5) is 5.69 Å². The lowest BCUT2D eigenvalue weighted by Gasteiger charge is -2.56. The summed E-state index contributed by atoms with van der Waals surface area (Å²) in [5, 5.41) is 0. The summed E-state index contributed by atoms with van der Waals surface area (Å²) in [5.74, 6) is 0. The number of hydrogen-bond acceptors (Lipinski definition) is 2. The average molecular weight is 232 g/mol. The van der Waals surface area contributed by atoms with Gasteiger partial charge < -0.3 is 10.6 Å². The third-order valence-electron chi connectivity index (χ3n) is 3.75. The fourth-order valence-corrected chi connectivity index (χ4v) is 3.63. The molecule has 17 heavy (non-hydrogen) atoms. The molecule has 2 heteroatoms. The molecule has 0 saturated carbocycles. The van der Waals surface area contributed by atoms with Gasteiger partial charge in [-0.25, -0.2) is 0 Å². The Bertz CT molecular complexity index is 363. The molecular weight excluding hydrogens is 208 g/mol. The van der Waals surface area contributed by atoms with Gasteiger partial charge in [0.25, 0.3) is 0 Å². The summed E-state index contributed by atoms with van der Waals surface area (Å²) in [7, 11) is 0. The molecule has 0 spiro atoms. The van der Waals surface area contributed by atoms with Crippen molar-refractivity contribution >= 4 is 5.69 Å². The second-order valence-corrected chi connectivity index (χ2v) is 6.46. The second-order valence-electron chi connectivity index (χ2n) is 6.46. The summed E-state index contributed by atoms with van der Waals surface area (Å²) >= 11 is 0. The highest BCUT2D eigenvalue weighted by molar-refractivity contribution is 5.52. The molecule has 1 saturated heterocycles. The van der Waals surface area contributed by atoms with Gasteiger partial charge in [-0.05, 0) is 52.7 Å². The van der Waals surface area contributed by atoms with E-state index in [2.05, 4.69) is 62.9 Å². The van der Waals surface area contributed by atoms with Crippen molar-refractivity contribution in [2.45, 2.75) is 57.7 Å². The average Bonchev–Trinajstić information content (AvgIpc) is 2.14. The monoisotopic (exact) mass is 232 g/mol. The number of piperidine rings is 1. The zero-order valence-electron chi connectivity index (χ0n) is 11.4. The van der Waals surface area contributed by atoms with Crippen molar-refractivity contribution in [1.82, 2.24) is 0 Å². The van der Waals surface area contributed by atoms with Gasteiger partial charge in [-0.3, -0.25) is 0 Å². The van der Waals surface area contributed by atoms with Crippen LogP contribution in [0.2, 0.25) is 0 Å². The quantitative estimate of drug-likeness (QED) is 0.806. The van der Waals surface area contributed by atoms with Gasteiger partial charge >= 0.3 is 0 Å². The van der Waals surface area contributed by atoms with Crippen molar-refractivity contribution < 1.29 is 0 Å². The smallest absolute Gasteiger partial charge is 0.0375 e. The van der Waals surface area contributed by atoms with Crippen LogP contribution in [0.3, 0.4) is 0 Å². The Morgan fingerprint density at radius 2 is 1.47 bits per heavy atom. The maximum Gasteiger partial charge on any atom is 0.0375 e. The van der Waals surface area contributed by atoms with Gasteiger partial charge in [0.1, 0.15) is 0 Å². The van der Waals surface area contributed by atoms with Crippen molar-refractivity contribution in [2.75, 3.05) is 4.90 Å². The number of para-hydroxylation sites is 1. The molecule has 1 heterocycles. The van der Waals surface area contributed by atoms with Crippen molar-refractivity contribution in [3.63, 3.8) is 0 Å². The van der Waals surface area contributed by atoms with Gasteiger partial charge in [0.05, 0.1) is 0 Å². The standard InChI is InChI=1S/C15H24N2/c1-14(2)10-12(16)11-15(3,4)17(14)13-8-6-5-7-9-13/h5-9,12H,10-11,16H2,1-4H3. The molecule has 0 bridgehead atoms. The largest absolute Gasteiger partial charge is 0.361 e. The number of hydrogen-bond donors (Lipinski definition) is 1. The Morgan fingerprint density at radius 3 is 1.94 bits per heavy atom. The number of nitrogens with two attached hydrogens (primary N) is 1. The van der Waals surface area contributed by atoms with E-state index < -0.39 is 0 Å². The lowest BCUT2D eigenvalue weighted by atomic mass is 9.77. The van der Waals surface area contributed by atoms with Crippen LogP contribution in [0.1, 0.15) is 40.5 Å². The Morgan fingerprint density at radius 1 is 1.00 bits per heavy atom. The molecule has 2 N–H and O–H groups in total. The Kier molecular flexibility index (Phi) is 2.94. The first-order valence-electron chi connectivity index (χ1n) is 6.44. The minimum absolute atomic E-state index is 0.114. The van der Waals surface area contributed by atoms with Crippen LogP contribution in [-0.2, 0) is 0 Å². The molecule has 0 amide bonds. The molecule has 2 rings (SSSR count). The maximum absolute atomic E-state index is 6.20. The third-order valence-corrected chi connectivity index (χ3v) is 3.75. The van der Waals surface area contributed by atoms with E-state index in [1.165, 1.54) is 5.69 Å². The molecule has 1 aliphatic rings. The van der Waals surface area contributed by atoms with E-state index >= 15 is 0 Å². The highest BCUT2D eigenvalue weighted by Gasteiger charge is 2.44. The summed E-state index contributed by atoms with van der Waals surface area (Å²) in [4.78, 5) is 2.53. The minimum Gasteiger partial charge on any atom is -0.361 e. The third kappa shape index (κ3) is 2.32. The minimum atomic E-state index is 0.114. The Balaban J connectivity index is 2.42. The van der Waals surface area contributed by atoms with Gasteiger partial charge in [-0.2, -0.15) is 0 Å². The predicted octanol–water partition coefficient (Wildman–Crippen LogP) is 3.17. The molecule has 0 atom stereocenters. The van der Waals surface area contributed by atoms with Crippen LogP contribution in [0.25, 0.3) is 0 Å². The first-order valence-corrected chi connectivity index (χ1v) is 6.44. The fraction of sp³-hybridized carbons (Fsp3) is 0.600. The number of anilines is 1. The van der Waals surface area contributed by atoms with Crippen molar-refractivity contribution in [1.29, 1.82) is 0 Å². The fourth-order valence-electron chi connectivity index (χ4n) is 3.63. The summed E-state index contributed by atoms with van der Waals surface area (Å²) in [6, 6.07) is 11.0. The molecule has 1 fully saturated rings. The van der Waals surface area contributed by atoms with Crippen molar-refractivity contribution in [2.24, 2.45) is 5.73 Å². The topological polar surface area (TPSA) is 29.3 Å². The zero-order chi connectivity index (χ0) is 12.7. The van der Waals surface area contributed by atoms with E-state index in [0.29, 0.717) is 6.04 Å². The Labute approximate surface area is 105 Å². The van der Waals surface area contributed by atoms with Gasteiger partial charge in [-0.15, -0.1) is 0 Å². The van der Waals surface area contributed by atoms with E-state index in [4.69, 9.17) is 5.73 Å². The summed E-state index contributed by atoms with van der Waals surface area (Å²) in [6.07, 6.45) is 2.09. The van der Waals surface area contributed by atoms with Gasteiger partial charge in [0.2, 0.25) is 0 Å². The highest BCUT2D eigenvalue weighted by Crippen LogP contribution is 2.41. The summed E-state index contributed by atoms with van der Waals surface area (Å²) in [6.45, 7) is 9.17. The first kappa shape index (κ1) is 12.4. The Hall–Kier alpha value is -1.02. The number of benzene rings is 1. The van der Waals surface area contributed by atoms with E-state index in [-0.39, 0.29) is 11.1 Å². The van der Waals surface area contributed by atoms with Crippen LogP contribution in [-0.4, -0.2) is 17.1 Å². The van der Waals surface area contributed by atoms with E-state index in [0.717, 1.165) is 12.8 Å². The van der Waals surface area contributed by atoms with E-state index in [1.54, 1.807) is 0 Å². The SMILES string of the molecule is CC1(C)CC(N)CC(C)(C)N1c1ccccc1. The van der Waals surface area contributed by atoms with Crippen LogP contribution in [0.5, 0.6) is 0 Å². The van der Waals surface area contributed by atoms with Crippen LogP contribution < -0.4 is 10.6 Å². The van der Waals surface area contributed by atoms with Crippen molar-refractivity contribution in [3.05, 3.63) is 30.3 Å². The van der Waals surface area contributed by atoms with Crippen LogP contribution >= 0.6 is 0 Å². The maximum atomic E-state index is 6.20. The van der Waals surface area contributed by atoms with Crippen LogP contribution in [0, 0.1) is 0 Å². The molecule has 0 radical (unpaired) electrons. The molecule has 2 nitrogen and oxygen atoms in total. The lowest BCUT2D eigenvalue weighted by molar-refractivity contribution is 0.220. The van der Waals surface area contributed by atoms with Gasteiger partial charge in [0.15, 0.2) is 0 Å². The van der Waals surface area contributed by atoms with Crippen LogP contribution in [0.15, 0.2) is 30.3 Å². The molecule has 0 unspecified atom stereocenters. The zero-order valence-corrected chi connectivity index (χ0v) is 11.4. The van der Waals surface area contributed by atoms with Gasteiger partial charge in [-0.1, -0.05) is 18.2 Å². The molecule has 1 aromatic rings. The van der Waals surface area contributed by atoms with Gasteiger partial charge in [0, 0.05) is 22.8 Å². The molecule has 94 valence electrons. The first-order chi connectivity index (χ1) is 7.83. The van der Waals surface area contributed by atoms with E-state index in [1.807, 2.05) is 0 Å². The van der Waals surface area contributed by atoms with Crippen molar-refractivity contribution in [3.8, 4) is 0 Å². The normalized spacial score (nSPS) is 23.7. The summed E-state index contributed by atoms with van der Waals surface area (Å²) < 4.78 is 0. The molecule has 0 aliphatic carbocycles. The molecule has 0 aromatic heterocycles. The number of nitrogens with zero attached hydrogens (tertiary/aromatic N) is 1. The second kappa shape index (κ2) is 4.02. The number of rotatable bonds is 1. The molecular formula is C15H24N2. The van der Waals surface area contributed by atoms with E-state index in [9.17, 15) is 0 Å².